The largest absolute Gasteiger partial charge is 0.411 e. The van der Waals surface area contributed by atoms with Gasteiger partial charge in [0.1, 0.15) is 6.61 Å². The zero-order valence-electron chi connectivity index (χ0n) is 17.1. The Morgan fingerprint density at radius 1 is 1.17 bits per heavy atom. The summed E-state index contributed by atoms with van der Waals surface area (Å²) < 4.78 is 40.7. The number of anilines is 1. The van der Waals surface area contributed by atoms with Crippen molar-refractivity contribution in [1.82, 2.24) is 15.1 Å². The fraction of sp³-hybridized carbons (Fsp3) is 0.600. The molecule has 0 radical (unpaired) electrons. The highest BCUT2D eigenvalue weighted by molar-refractivity contribution is 5.96. The SMILES string of the molecule is CCCNC(=O)c1cccc(NC(=O)N2CCN(CCCOCC(F)(F)F)CC2)c1. The maximum atomic E-state index is 12.5. The molecule has 168 valence electrons. The van der Waals surface area contributed by atoms with Gasteiger partial charge in [0.05, 0.1) is 0 Å². The van der Waals surface area contributed by atoms with E-state index in [1.54, 1.807) is 29.2 Å². The van der Waals surface area contributed by atoms with Crippen molar-refractivity contribution in [3.63, 3.8) is 0 Å². The molecule has 1 saturated heterocycles. The second-order valence-electron chi connectivity index (χ2n) is 7.12. The van der Waals surface area contributed by atoms with E-state index >= 15 is 0 Å². The van der Waals surface area contributed by atoms with E-state index in [0.717, 1.165) is 6.42 Å². The van der Waals surface area contributed by atoms with E-state index in [1.807, 2.05) is 6.92 Å². The average Bonchev–Trinajstić information content (AvgIpc) is 2.71. The molecule has 0 spiro atoms. The molecular formula is C20H29F3N4O3. The molecule has 0 bridgehead atoms. The Bertz CT molecular complexity index is 692. The Balaban J connectivity index is 1.71. The molecule has 1 aliphatic heterocycles. The van der Waals surface area contributed by atoms with Gasteiger partial charge in [-0.15, -0.1) is 0 Å². The van der Waals surface area contributed by atoms with Crippen molar-refractivity contribution in [2.75, 3.05) is 57.8 Å². The number of alkyl halides is 3. The molecule has 1 heterocycles. The first-order valence-corrected chi connectivity index (χ1v) is 10.1. The van der Waals surface area contributed by atoms with Crippen molar-refractivity contribution >= 4 is 17.6 Å². The molecular weight excluding hydrogens is 401 g/mol. The number of hydrogen-bond donors (Lipinski definition) is 2. The third-order valence-corrected chi connectivity index (χ3v) is 4.60. The van der Waals surface area contributed by atoms with Crippen LogP contribution < -0.4 is 10.6 Å². The van der Waals surface area contributed by atoms with E-state index in [2.05, 4.69) is 20.3 Å². The maximum Gasteiger partial charge on any atom is 0.411 e. The minimum atomic E-state index is -4.29. The summed E-state index contributed by atoms with van der Waals surface area (Å²) in [6, 6.07) is 6.54. The van der Waals surface area contributed by atoms with Crippen LogP contribution in [0.1, 0.15) is 30.1 Å². The molecule has 1 fully saturated rings. The number of amides is 3. The molecule has 3 amide bonds. The summed E-state index contributed by atoms with van der Waals surface area (Å²) >= 11 is 0. The van der Waals surface area contributed by atoms with Crippen molar-refractivity contribution in [3.05, 3.63) is 29.8 Å². The molecule has 7 nitrogen and oxygen atoms in total. The van der Waals surface area contributed by atoms with Crippen LogP contribution in [0.25, 0.3) is 0 Å². The first-order chi connectivity index (χ1) is 14.3. The van der Waals surface area contributed by atoms with Gasteiger partial charge in [-0.3, -0.25) is 9.69 Å². The Hall–Kier alpha value is -2.33. The first-order valence-electron chi connectivity index (χ1n) is 10.1. The Kier molecular flexibility index (Phi) is 9.38. The van der Waals surface area contributed by atoms with Gasteiger partial charge in [0.15, 0.2) is 0 Å². The third-order valence-electron chi connectivity index (χ3n) is 4.60. The van der Waals surface area contributed by atoms with Crippen molar-refractivity contribution in [1.29, 1.82) is 0 Å². The fourth-order valence-corrected chi connectivity index (χ4v) is 3.03. The van der Waals surface area contributed by atoms with Gasteiger partial charge in [0.25, 0.3) is 5.91 Å². The van der Waals surface area contributed by atoms with Crippen LogP contribution in [0.15, 0.2) is 24.3 Å². The highest BCUT2D eigenvalue weighted by Crippen LogP contribution is 2.15. The summed E-state index contributed by atoms with van der Waals surface area (Å²) in [6.45, 7) is 4.36. The molecule has 2 rings (SSSR count). The van der Waals surface area contributed by atoms with Crippen molar-refractivity contribution in [2.24, 2.45) is 0 Å². The predicted molar refractivity (Wildman–Crippen MR) is 108 cm³/mol. The minimum absolute atomic E-state index is 0.0579. The highest BCUT2D eigenvalue weighted by atomic mass is 19.4. The molecule has 0 saturated carbocycles. The second kappa shape index (κ2) is 11.8. The molecule has 1 aromatic carbocycles. The summed E-state index contributed by atoms with van der Waals surface area (Å²) in [7, 11) is 0. The number of carbonyl (C=O) groups is 2. The van der Waals surface area contributed by atoms with Crippen LogP contribution >= 0.6 is 0 Å². The molecule has 1 aromatic rings. The third kappa shape index (κ3) is 8.58. The average molecular weight is 430 g/mol. The van der Waals surface area contributed by atoms with Gasteiger partial charge in [0.2, 0.25) is 0 Å². The van der Waals surface area contributed by atoms with E-state index in [1.165, 1.54) is 0 Å². The Morgan fingerprint density at radius 2 is 1.90 bits per heavy atom. The summed E-state index contributed by atoms with van der Waals surface area (Å²) in [5.41, 5.74) is 1.03. The normalized spacial score (nSPS) is 15.1. The van der Waals surface area contributed by atoms with Crippen LogP contribution in [0.3, 0.4) is 0 Å². The van der Waals surface area contributed by atoms with Crippen LogP contribution in [0.4, 0.5) is 23.7 Å². The standard InChI is InChI=1S/C20H29F3N4O3/c1-2-7-24-18(28)16-5-3-6-17(14-16)25-19(29)27-11-9-26(10-12-27)8-4-13-30-15-20(21,22)23/h3,5-6,14H,2,4,7-13,15H2,1H3,(H,24,28)(H,25,29). The first kappa shape index (κ1) is 23.9. The lowest BCUT2D eigenvalue weighted by atomic mass is 10.2. The summed E-state index contributed by atoms with van der Waals surface area (Å²) in [4.78, 5) is 28.3. The molecule has 10 heteroatoms. The van der Waals surface area contributed by atoms with Crippen LogP contribution in [-0.4, -0.2) is 80.4 Å². The van der Waals surface area contributed by atoms with Gasteiger partial charge in [-0.1, -0.05) is 13.0 Å². The van der Waals surface area contributed by atoms with Crippen molar-refractivity contribution in [3.8, 4) is 0 Å². The number of nitrogens with one attached hydrogen (secondary N) is 2. The predicted octanol–water partition coefficient (Wildman–Crippen LogP) is 2.94. The molecule has 2 N–H and O–H groups in total. The smallest absolute Gasteiger partial charge is 0.372 e. The molecule has 1 aliphatic rings. The topological polar surface area (TPSA) is 73.9 Å². The lowest BCUT2D eigenvalue weighted by Gasteiger charge is -2.34. The lowest BCUT2D eigenvalue weighted by Crippen LogP contribution is -2.50. The number of carbonyl (C=O) groups excluding carboxylic acids is 2. The number of hydrogen-bond acceptors (Lipinski definition) is 4. The van der Waals surface area contributed by atoms with Gasteiger partial charge in [-0.05, 0) is 31.0 Å². The van der Waals surface area contributed by atoms with Crippen LogP contribution in [-0.2, 0) is 4.74 Å². The van der Waals surface area contributed by atoms with E-state index < -0.39 is 12.8 Å². The number of piperazine rings is 1. The van der Waals surface area contributed by atoms with Gasteiger partial charge in [0, 0.05) is 57.1 Å². The lowest BCUT2D eigenvalue weighted by molar-refractivity contribution is -0.174. The summed E-state index contributed by atoms with van der Waals surface area (Å²) in [5.74, 6) is -0.180. The number of nitrogens with zero attached hydrogens (tertiary/aromatic N) is 2. The van der Waals surface area contributed by atoms with Crippen LogP contribution in [0, 0.1) is 0 Å². The number of rotatable bonds is 9. The van der Waals surface area contributed by atoms with Crippen LogP contribution in [0.2, 0.25) is 0 Å². The monoisotopic (exact) mass is 430 g/mol. The van der Waals surface area contributed by atoms with Gasteiger partial charge in [-0.2, -0.15) is 13.2 Å². The molecule has 0 atom stereocenters. The molecule has 0 aliphatic carbocycles. The molecule has 30 heavy (non-hydrogen) atoms. The summed E-state index contributed by atoms with van der Waals surface area (Å²) in [6.07, 6.45) is -2.94. The van der Waals surface area contributed by atoms with Crippen molar-refractivity contribution in [2.45, 2.75) is 25.9 Å². The number of halogens is 3. The number of benzene rings is 1. The van der Waals surface area contributed by atoms with Gasteiger partial charge >= 0.3 is 12.2 Å². The van der Waals surface area contributed by atoms with E-state index in [4.69, 9.17) is 0 Å². The number of ether oxygens (including phenoxy) is 1. The highest BCUT2D eigenvalue weighted by Gasteiger charge is 2.27. The Labute approximate surface area is 174 Å². The van der Waals surface area contributed by atoms with E-state index in [0.29, 0.717) is 56.9 Å². The quantitative estimate of drug-likeness (QED) is 0.591. The maximum absolute atomic E-state index is 12.5. The van der Waals surface area contributed by atoms with Gasteiger partial charge in [-0.25, -0.2) is 4.79 Å². The zero-order valence-corrected chi connectivity index (χ0v) is 17.1. The second-order valence-corrected chi connectivity index (χ2v) is 7.12. The van der Waals surface area contributed by atoms with Crippen LogP contribution in [0.5, 0.6) is 0 Å². The number of urea groups is 1. The van der Waals surface area contributed by atoms with Gasteiger partial charge < -0.3 is 20.3 Å². The molecule has 0 aromatic heterocycles. The van der Waals surface area contributed by atoms with E-state index in [-0.39, 0.29) is 18.5 Å². The fourth-order valence-electron chi connectivity index (χ4n) is 3.03. The van der Waals surface area contributed by atoms with Crippen molar-refractivity contribution < 1.29 is 27.5 Å². The summed E-state index contributed by atoms with van der Waals surface area (Å²) in [5, 5.41) is 5.61. The van der Waals surface area contributed by atoms with E-state index in [9.17, 15) is 22.8 Å². The minimum Gasteiger partial charge on any atom is -0.372 e. The zero-order chi connectivity index (χ0) is 22.0. The molecule has 0 unspecified atom stereocenters. The Morgan fingerprint density at radius 3 is 2.57 bits per heavy atom.